The van der Waals surface area contributed by atoms with E-state index < -0.39 is 16.1 Å². The van der Waals surface area contributed by atoms with E-state index >= 15 is 0 Å². The molecule has 2 N–H and O–H groups in total. The first-order chi connectivity index (χ1) is 15.2. The van der Waals surface area contributed by atoms with Gasteiger partial charge in [0.05, 0.1) is 17.8 Å². The van der Waals surface area contributed by atoms with Crippen LogP contribution >= 0.6 is 11.6 Å². The highest BCUT2D eigenvalue weighted by molar-refractivity contribution is 7.89. The number of halogens is 1. The average molecular weight is 472 g/mol. The molecule has 1 unspecified atom stereocenters. The van der Waals surface area contributed by atoms with Crippen LogP contribution in [0, 0.1) is 0 Å². The number of carbonyl (C=O) groups excluding carboxylic acids is 1. The van der Waals surface area contributed by atoms with Crippen LogP contribution in [-0.4, -0.2) is 35.2 Å². The molecule has 1 amide bonds. The molecule has 2 aromatic heterocycles. The van der Waals surface area contributed by atoms with Gasteiger partial charge in [-0.3, -0.25) is 9.48 Å². The topological polar surface area (TPSA) is 98.0 Å². The lowest BCUT2D eigenvalue weighted by Crippen LogP contribution is -2.37. The van der Waals surface area contributed by atoms with Gasteiger partial charge in [0.15, 0.2) is 0 Å². The lowest BCUT2D eigenvalue weighted by atomic mass is 10.1. The molecular weight excluding hydrogens is 450 g/mol. The zero-order valence-electron chi connectivity index (χ0n) is 17.5. The number of sulfonamides is 1. The van der Waals surface area contributed by atoms with Crippen LogP contribution < -0.4 is 10.0 Å². The summed E-state index contributed by atoms with van der Waals surface area (Å²) in [5, 5.41) is 8.12. The minimum atomic E-state index is -3.79. The van der Waals surface area contributed by atoms with E-state index in [0.717, 1.165) is 16.5 Å². The molecule has 10 heteroatoms. The van der Waals surface area contributed by atoms with Gasteiger partial charge in [0.2, 0.25) is 10.0 Å². The van der Waals surface area contributed by atoms with Crippen molar-refractivity contribution in [2.45, 2.75) is 10.9 Å². The molecule has 0 bridgehead atoms. The third-order valence-electron chi connectivity index (χ3n) is 5.17. The van der Waals surface area contributed by atoms with Crippen molar-refractivity contribution in [3.63, 3.8) is 0 Å². The lowest BCUT2D eigenvalue weighted by Gasteiger charge is -2.19. The van der Waals surface area contributed by atoms with E-state index in [2.05, 4.69) is 15.1 Å². The standard InChI is InChI=1S/C22H22ClN5O3S/c1-27-14-19(18-10-16(23)8-9-21(18)27)22(29)26-20(15-6-4-3-5-7-15)12-25-32(30,31)17-11-24-28(2)13-17/h3-11,13-14,20,25H,12H2,1-2H3,(H,26,29). The number of aromatic nitrogens is 3. The zero-order valence-corrected chi connectivity index (χ0v) is 19.1. The van der Waals surface area contributed by atoms with E-state index in [0.29, 0.717) is 10.6 Å². The van der Waals surface area contributed by atoms with E-state index in [1.165, 1.54) is 17.1 Å². The highest BCUT2D eigenvalue weighted by Crippen LogP contribution is 2.25. The molecule has 32 heavy (non-hydrogen) atoms. The maximum Gasteiger partial charge on any atom is 0.253 e. The van der Waals surface area contributed by atoms with Gasteiger partial charge in [-0.2, -0.15) is 5.10 Å². The molecule has 8 nitrogen and oxygen atoms in total. The Morgan fingerprint density at radius 2 is 1.88 bits per heavy atom. The van der Waals surface area contributed by atoms with Crippen LogP contribution in [0.4, 0.5) is 0 Å². The number of benzene rings is 2. The van der Waals surface area contributed by atoms with Gasteiger partial charge < -0.3 is 9.88 Å². The molecule has 0 saturated heterocycles. The average Bonchev–Trinajstić information content (AvgIpc) is 3.35. The van der Waals surface area contributed by atoms with Gasteiger partial charge in [0, 0.05) is 49.0 Å². The molecule has 0 spiro atoms. The number of hydrogen-bond donors (Lipinski definition) is 2. The third kappa shape index (κ3) is 4.55. The van der Waals surface area contributed by atoms with Gasteiger partial charge in [-0.15, -0.1) is 0 Å². The molecular formula is C22H22ClN5O3S. The molecule has 0 aliphatic heterocycles. The molecule has 0 saturated carbocycles. The fourth-order valence-electron chi connectivity index (χ4n) is 3.53. The number of aryl methyl sites for hydroxylation is 2. The first kappa shape index (κ1) is 22.1. The Morgan fingerprint density at radius 3 is 2.56 bits per heavy atom. The summed E-state index contributed by atoms with van der Waals surface area (Å²) in [5.41, 5.74) is 2.10. The zero-order chi connectivity index (χ0) is 22.9. The molecule has 0 fully saturated rings. The number of nitrogens with zero attached hydrogens (tertiary/aromatic N) is 3. The number of rotatable bonds is 7. The van der Waals surface area contributed by atoms with Gasteiger partial charge in [-0.25, -0.2) is 13.1 Å². The largest absolute Gasteiger partial charge is 0.350 e. The normalized spacial score (nSPS) is 12.7. The molecule has 0 aliphatic carbocycles. The van der Waals surface area contributed by atoms with Gasteiger partial charge in [0.25, 0.3) is 5.91 Å². The summed E-state index contributed by atoms with van der Waals surface area (Å²) in [6.07, 6.45) is 4.43. The van der Waals surface area contributed by atoms with Crippen molar-refractivity contribution in [2.24, 2.45) is 14.1 Å². The molecule has 4 aromatic rings. The lowest BCUT2D eigenvalue weighted by molar-refractivity contribution is 0.0938. The first-order valence-corrected chi connectivity index (χ1v) is 11.7. The highest BCUT2D eigenvalue weighted by atomic mass is 35.5. The van der Waals surface area contributed by atoms with E-state index in [1.807, 2.05) is 48.0 Å². The Kier molecular flexibility index (Phi) is 6.05. The Bertz CT molecular complexity index is 1380. The van der Waals surface area contributed by atoms with Crippen molar-refractivity contribution in [2.75, 3.05) is 6.54 Å². The number of fused-ring (bicyclic) bond motifs is 1. The fraction of sp³-hybridized carbons (Fsp3) is 0.182. The minimum absolute atomic E-state index is 0.0293. The predicted molar refractivity (Wildman–Crippen MR) is 123 cm³/mol. The Balaban J connectivity index is 1.61. The van der Waals surface area contributed by atoms with E-state index in [1.54, 1.807) is 25.4 Å². The van der Waals surface area contributed by atoms with Gasteiger partial charge in [0.1, 0.15) is 4.90 Å². The molecule has 0 radical (unpaired) electrons. The monoisotopic (exact) mass is 471 g/mol. The van der Waals surface area contributed by atoms with Gasteiger partial charge in [-0.1, -0.05) is 41.9 Å². The van der Waals surface area contributed by atoms with E-state index in [9.17, 15) is 13.2 Å². The molecule has 0 aliphatic rings. The summed E-state index contributed by atoms with van der Waals surface area (Å²) in [5.74, 6) is -0.327. The molecule has 4 rings (SSSR count). The van der Waals surface area contributed by atoms with Crippen molar-refractivity contribution in [3.05, 3.63) is 83.3 Å². The number of amides is 1. The minimum Gasteiger partial charge on any atom is -0.350 e. The number of hydrogen-bond acceptors (Lipinski definition) is 4. The summed E-state index contributed by atoms with van der Waals surface area (Å²) >= 11 is 6.14. The Morgan fingerprint density at radius 1 is 1.12 bits per heavy atom. The van der Waals surface area contributed by atoms with Crippen molar-refractivity contribution in [1.82, 2.24) is 24.4 Å². The summed E-state index contributed by atoms with van der Waals surface area (Å²) in [6.45, 7) is -0.0293. The second-order valence-electron chi connectivity index (χ2n) is 7.45. The first-order valence-electron chi connectivity index (χ1n) is 9.83. The van der Waals surface area contributed by atoms with E-state index in [4.69, 9.17) is 11.6 Å². The van der Waals surface area contributed by atoms with Crippen molar-refractivity contribution in [1.29, 1.82) is 0 Å². The second kappa shape index (κ2) is 8.78. The third-order valence-corrected chi connectivity index (χ3v) is 6.79. The quantitative estimate of drug-likeness (QED) is 0.433. The van der Waals surface area contributed by atoms with Crippen molar-refractivity contribution >= 4 is 38.4 Å². The van der Waals surface area contributed by atoms with Crippen LogP contribution in [-0.2, 0) is 24.1 Å². The summed E-state index contributed by atoms with van der Waals surface area (Å²) < 4.78 is 31.2. The summed E-state index contributed by atoms with van der Waals surface area (Å²) in [4.78, 5) is 13.3. The maximum atomic E-state index is 13.2. The van der Waals surface area contributed by atoms with Gasteiger partial charge in [-0.05, 0) is 23.8 Å². The van der Waals surface area contributed by atoms with Crippen LogP contribution in [0.2, 0.25) is 5.02 Å². The van der Waals surface area contributed by atoms with Crippen LogP contribution in [0.5, 0.6) is 0 Å². The Hall–Kier alpha value is -3.14. The van der Waals surface area contributed by atoms with Crippen molar-refractivity contribution < 1.29 is 13.2 Å². The molecule has 2 aromatic carbocycles. The van der Waals surface area contributed by atoms with Gasteiger partial charge >= 0.3 is 0 Å². The maximum absolute atomic E-state index is 13.2. The Labute approximate surface area is 190 Å². The molecule has 166 valence electrons. The van der Waals surface area contributed by atoms with Crippen LogP contribution in [0.3, 0.4) is 0 Å². The smallest absolute Gasteiger partial charge is 0.253 e. The number of carbonyl (C=O) groups is 1. The molecule has 1 atom stereocenters. The van der Waals surface area contributed by atoms with Crippen LogP contribution in [0.15, 0.2) is 72.0 Å². The van der Waals surface area contributed by atoms with Crippen LogP contribution in [0.25, 0.3) is 10.9 Å². The van der Waals surface area contributed by atoms with Crippen LogP contribution in [0.1, 0.15) is 22.0 Å². The van der Waals surface area contributed by atoms with Crippen molar-refractivity contribution in [3.8, 4) is 0 Å². The highest BCUT2D eigenvalue weighted by Gasteiger charge is 2.23. The summed E-state index contributed by atoms with van der Waals surface area (Å²) in [7, 11) is -0.293. The van der Waals surface area contributed by atoms with E-state index in [-0.39, 0.29) is 17.3 Å². The second-order valence-corrected chi connectivity index (χ2v) is 9.66. The number of nitrogens with one attached hydrogen (secondary N) is 2. The SMILES string of the molecule is Cn1cc(S(=O)(=O)NCC(NC(=O)c2cn(C)c3ccc(Cl)cc23)c2ccccc2)cn1. The fourth-order valence-corrected chi connectivity index (χ4v) is 4.73. The molecule has 2 heterocycles. The predicted octanol–water partition coefficient (Wildman–Crippen LogP) is 3.01. The summed E-state index contributed by atoms with van der Waals surface area (Å²) in [6, 6.07) is 14.0.